The topological polar surface area (TPSA) is 119 Å². The highest BCUT2D eigenvalue weighted by Crippen LogP contribution is 2.61. The zero-order valence-electron chi connectivity index (χ0n) is 19.3. The highest BCUT2D eigenvalue weighted by atomic mass is 16.6. The van der Waals surface area contributed by atoms with E-state index in [0.717, 1.165) is 0 Å². The van der Waals surface area contributed by atoms with Gasteiger partial charge >= 0.3 is 6.09 Å². The molecular weight excluding hydrogens is 400 g/mol. The summed E-state index contributed by atoms with van der Waals surface area (Å²) in [6.45, 7) is 8.62. The number of nitrogens with one attached hydrogen (secondary N) is 1. The molecule has 0 spiro atoms. The molecule has 8 nitrogen and oxygen atoms in total. The van der Waals surface area contributed by atoms with Gasteiger partial charge in [-0.15, -0.1) is 0 Å². The number of carbonyl (C=O) groups is 2. The molecule has 0 unspecified atom stereocenters. The molecule has 2 amide bonds. The van der Waals surface area contributed by atoms with Crippen molar-refractivity contribution in [2.45, 2.75) is 90.6 Å². The van der Waals surface area contributed by atoms with E-state index in [1.54, 1.807) is 4.90 Å². The lowest BCUT2D eigenvalue weighted by Gasteiger charge is -2.60. The second kappa shape index (κ2) is 9.24. The molecule has 7 atom stereocenters. The quantitative estimate of drug-likeness (QED) is 0.516. The van der Waals surface area contributed by atoms with Crippen LogP contribution in [-0.2, 0) is 9.53 Å². The van der Waals surface area contributed by atoms with Crippen molar-refractivity contribution < 1.29 is 29.6 Å². The molecule has 0 bridgehead atoms. The lowest BCUT2D eigenvalue weighted by Crippen LogP contribution is -2.61. The van der Waals surface area contributed by atoms with Crippen molar-refractivity contribution >= 4 is 12.0 Å². The Hall–Kier alpha value is -1.38. The number of aliphatic hydroxyl groups excluding tert-OH is 3. The SMILES string of the molecule is CC(C)NC(=O)O[C@@H]1CC[C@]2(C)[C@@H](CC[C@@H](O)[C@H]2CC(=O)N2CC[C@@H](O)C2)[C@]1(C)CO. The molecule has 8 heteroatoms. The van der Waals surface area contributed by atoms with Crippen molar-refractivity contribution in [3.8, 4) is 0 Å². The van der Waals surface area contributed by atoms with Crippen molar-refractivity contribution in [3.63, 3.8) is 0 Å². The number of carbonyl (C=O) groups excluding carboxylic acids is 2. The molecule has 1 saturated heterocycles. The predicted octanol–water partition coefficient (Wildman–Crippen LogP) is 1.66. The molecule has 3 rings (SSSR count). The second-order valence-corrected chi connectivity index (χ2v) is 10.7. The van der Waals surface area contributed by atoms with Crippen LogP contribution in [0.15, 0.2) is 0 Å². The average Bonchev–Trinajstić information content (AvgIpc) is 3.13. The fourth-order valence-electron chi connectivity index (χ4n) is 6.46. The van der Waals surface area contributed by atoms with Gasteiger partial charge in [0.05, 0.1) is 18.8 Å². The van der Waals surface area contributed by atoms with E-state index in [4.69, 9.17) is 4.74 Å². The Kier molecular flexibility index (Phi) is 7.23. The van der Waals surface area contributed by atoms with Gasteiger partial charge in [0.15, 0.2) is 0 Å². The molecule has 1 heterocycles. The first kappa shape index (κ1) is 24.3. The van der Waals surface area contributed by atoms with Gasteiger partial charge in [0, 0.05) is 31.0 Å². The first-order valence-corrected chi connectivity index (χ1v) is 11.7. The summed E-state index contributed by atoms with van der Waals surface area (Å²) in [6, 6.07) is -0.0361. The van der Waals surface area contributed by atoms with Crippen LogP contribution in [0.2, 0.25) is 0 Å². The summed E-state index contributed by atoms with van der Waals surface area (Å²) in [6.07, 6.45) is 1.45. The number of hydrogen-bond donors (Lipinski definition) is 4. The highest BCUT2D eigenvalue weighted by molar-refractivity contribution is 5.77. The van der Waals surface area contributed by atoms with E-state index >= 15 is 0 Å². The Morgan fingerprint density at radius 3 is 2.45 bits per heavy atom. The van der Waals surface area contributed by atoms with Gasteiger partial charge in [-0.3, -0.25) is 4.79 Å². The summed E-state index contributed by atoms with van der Waals surface area (Å²) in [5.41, 5.74) is -0.996. The van der Waals surface area contributed by atoms with Crippen LogP contribution in [0.3, 0.4) is 0 Å². The Morgan fingerprint density at radius 2 is 1.87 bits per heavy atom. The standard InChI is InChI=1S/C23H40N2O6/c1-14(2)24-21(30)31-19-7-9-22(3)16(11-20(29)25-10-8-15(27)12-25)17(28)5-6-18(22)23(19,4)13-26/h14-19,26-28H,5-13H2,1-4H3,(H,24,30)/t15-,16-,17-,18-,19-,22+,23+/m1/s1. The Balaban J connectivity index is 1.79. The van der Waals surface area contributed by atoms with Crippen molar-refractivity contribution in [1.29, 1.82) is 0 Å². The molecular formula is C23H40N2O6. The maximum Gasteiger partial charge on any atom is 0.407 e. The summed E-state index contributed by atoms with van der Waals surface area (Å²) < 4.78 is 5.76. The van der Waals surface area contributed by atoms with Crippen LogP contribution in [0.25, 0.3) is 0 Å². The maximum absolute atomic E-state index is 12.9. The number of likely N-dealkylation sites (tertiary alicyclic amines) is 1. The molecule has 0 aromatic heterocycles. The molecule has 0 aromatic rings. The van der Waals surface area contributed by atoms with Crippen LogP contribution >= 0.6 is 0 Å². The van der Waals surface area contributed by atoms with Gasteiger partial charge in [0.2, 0.25) is 5.91 Å². The molecule has 31 heavy (non-hydrogen) atoms. The Bertz CT molecular complexity index is 672. The number of aliphatic hydroxyl groups is 3. The van der Waals surface area contributed by atoms with E-state index in [1.807, 2.05) is 20.8 Å². The number of ether oxygens (including phenoxy) is 1. The van der Waals surface area contributed by atoms with E-state index < -0.39 is 29.8 Å². The van der Waals surface area contributed by atoms with Gasteiger partial charge in [-0.25, -0.2) is 4.79 Å². The van der Waals surface area contributed by atoms with Crippen LogP contribution in [0.4, 0.5) is 4.79 Å². The van der Waals surface area contributed by atoms with Gasteiger partial charge < -0.3 is 30.3 Å². The van der Waals surface area contributed by atoms with Gasteiger partial charge in [-0.1, -0.05) is 13.8 Å². The smallest absolute Gasteiger partial charge is 0.407 e. The molecule has 3 aliphatic rings. The Morgan fingerprint density at radius 1 is 1.16 bits per heavy atom. The number of amides is 2. The fourth-order valence-corrected chi connectivity index (χ4v) is 6.46. The third-order valence-electron chi connectivity index (χ3n) is 8.24. The molecule has 4 N–H and O–H groups in total. The fraction of sp³-hybridized carbons (Fsp3) is 0.913. The molecule has 3 fully saturated rings. The van der Waals surface area contributed by atoms with E-state index in [2.05, 4.69) is 12.2 Å². The summed E-state index contributed by atoms with van der Waals surface area (Å²) in [4.78, 5) is 26.9. The summed E-state index contributed by atoms with van der Waals surface area (Å²) >= 11 is 0. The van der Waals surface area contributed by atoms with Crippen molar-refractivity contribution in [1.82, 2.24) is 10.2 Å². The molecule has 0 radical (unpaired) electrons. The van der Waals surface area contributed by atoms with Gasteiger partial charge in [0.25, 0.3) is 0 Å². The minimum absolute atomic E-state index is 0.0148. The van der Waals surface area contributed by atoms with Crippen LogP contribution in [-0.4, -0.2) is 76.3 Å². The Labute approximate surface area is 185 Å². The van der Waals surface area contributed by atoms with Gasteiger partial charge in [-0.2, -0.15) is 0 Å². The number of nitrogens with zero attached hydrogens (tertiary/aromatic N) is 1. The largest absolute Gasteiger partial charge is 0.446 e. The molecule has 2 saturated carbocycles. The molecule has 0 aromatic carbocycles. The first-order chi connectivity index (χ1) is 14.5. The van der Waals surface area contributed by atoms with Crippen molar-refractivity contribution in [3.05, 3.63) is 0 Å². The van der Waals surface area contributed by atoms with E-state index in [9.17, 15) is 24.9 Å². The maximum atomic E-state index is 12.9. The number of hydrogen-bond acceptors (Lipinski definition) is 6. The minimum atomic E-state index is -0.646. The second-order valence-electron chi connectivity index (χ2n) is 10.7. The first-order valence-electron chi connectivity index (χ1n) is 11.7. The van der Waals surface area contributed by atoms with Gasteiger partial charge in [0.1, 0.15) is 6.10 Å². The highest BCUT2D eigenvalue weighted by Gasteiger charge is 2.60. The summed E-state index contributed by atoms with van der Waals surface area (Å²) in [5, 5.41) is 33.9. The van der Waals surface area contributed by atoms with Crippen LogP contribution < -0.4 is 5.32 Å². The van der Waals surface area contributed by atoms with Crippen LogP contribution in [0.1, 0.15) is 66.2 Å². The third kappa shape index (κ3) is 4.71. The molecule has 178 valence electrons. The lowest BCUT2D eigenvalue weighted by molar-refractivity contribution is -0.187. The van der Waals surface area contributed by atoms with Crippen LogP contribution in [0, 0.1) is 22.7 Å². The normalized spacial score (nSPS) is 40.5. The van der Waals surface area contributed by atoms with E-state index in [-0.39, 0.29) is 42.2 Å². The van der Waals surface area contributed by atoms with Crippen LogP contribution in [0.5, 0.6) is 0 Å². The predicted molar refractivity (Wildman–Crippen MR) is 115 cm³/mol. The zero-order chi connectivity index (χ0) is 23.0. The molecule has 1 aliphatic heterocycles. The third-order valence-corrected chi connectivity index (χ3v) is 8.24. The van der Waals surface area contributed by atoms with Crippen molar-refractivity contribution in [2.75, 3.05) is 19.7 Å². The summed E-state index contributed by atoms with van der Waals surface area (Å²) in [7, 11) is 0. The average molecular weight is 441 g/mol. The lowest BCUT2D eigenvalue weighted by atomic mass is 9.46. The zero-order valence-corrected chi connectivity index (χ0v) is 19.3. The number of rotatable bonds is 5. The monoisotopic (exact) mass is 440 g/mol. The number of β-amino-alcohol motifs (C(OH)–C–C–N with tert-alkyl or cyclic N) is 1. The number of alkyl carbamates (subject to hydrolysis) is 1. The number of fused-ring (bicyclic) bond motifs is 1. The van der Waals surface area contributed by atoms with Gasteiger partial charge in [-0.05, 0) is 63.2 Å². The van der Waals surface area contributed by atoms with E-state index in [1.165, 1.54) is 0 Å². The van der Waals surface area contributed by atoms with Crippen molar-refractivity contribution in [2.24, 2.45) is 22.7 Å². The summed E-state index contributed by atoms with van der Waals surface area (Å²) in [5.74, 6) is -0.239. The minimum Gasteiger partial charge on any atom is -0.446 e. The van der Waals surface area contributed by atoms with E-state index in [0.29, 0.717) is 45.2 Å². The molecule has 2 aliphatic carbocycles.